The maximum Gasteiger partial charge on any atom is 0.251 e. The summed E-state index contributed by atoms with van der Waals surface area (Å²) in [5.74, 6) is -0.586. The third-order valence-corrected chi connectivity index (χ3v) is 3.17. The van der Waals surface area contributed by atoms with E-state index in [1.165, 1.54) is 12.1 Å². The lowest BCUT2D eigenvalue weighted by molar-refractivity contribution is 0.0919. The molecule has 0 radical (unpaired) electrons. The molecule has 1 fully saturated rings. The first-order valence-electron chi connectivity index (χ1n) is 5.96. The van der Waals surface area contributed by atoms with Crippen LogP contribution in [0.4, 0.5) is 4.39 Å². The SMILES string of the molecule is CC1NCCCC1NC(=O)c1cccc(F)c1. The molecule has 1 aliphatic rings. The van der Waals surface area contributed by atoms with Crippen molar-refractivity contribution in [1.82, 2.24) is 10.6 Å². The van der Waals surface area contributed by atoms with Crippen molar-refractivity contribution in [3.63, 3.8) is 0 Å². The van der Waals surface area contributed by atoms with E-state index >= 15 is 0 Å². The lowest BCUT2D eigenvalue weighted by Crippen LogP contribution is -2.51. The zero-order valence-corrected chi connectivity index (χ0v) is 9.87. The molecular formula is C13H17FN2O. The molecule has 4 heteroatoms. The summed E-state index contributed by atoms with van der Waals surface area (Å²) < 4.78 is 13.0. The third-order valence-electron chi connectivity index (χ3n) is 3.17. The molecule has 17 heavy (non-hydrogen) atoms. The monoisotopic (exact) mass is 236 g/mol. The molecule has 2 N–H and O–H groups in total. The zero-order valence-electron chi connectivity index (χ0n) is 9.87. The van der Waals surface area contributed by atoms with E-state index in [-0.39, 0.29) is 23.8 Å². The Kier molecular flexibility index (Phi) is 3.74. The summed E-state index contributed by atoms with van der Waals surface area (Å²) in [5.41, 5.74) is 0.378. The van der Waals surface area contributed by atoms with Crippen LogP contribution in [-0.2, 0) is 0 Å². The van der Waals surface area contributed by atoms with Crippen LogP contribution in [0.25, 0.3) is 0 Å². The Balaban J connectivity index is 2.01. The highest BCUT2D eigenvalue weighted by Gasteiger charge is 2.22. The van der Waals surface area contributed by atoms with Gasteiger partial charge in [-0.15, -0.1) is 0 Å². The van der Waals surface area contributed by atoms with Gasteiger partial charge in [-0.1, -0.05) is 6.07 Å². The van der Waals surface area contributed by atoms with E-state index < -0.39 is 0 Å². The molecule has 92 valence electrons. The number of amides is 1. The van der Waals surface area contributed by atoms with E-state index in [9.17, 15) is 9.18 Å². The van der Waals surface area contributed by atoms with Crippen molar-refractivity contribution in [2.24, 2.45) is 0 Å². The van der Waals surface area contributed by atoms with Gasteiger partial charge in [-0.25, -0.2) is 4.39 Å². The number of hydrogen-bond acceptors (Lipinski definition) is 2. The van der Waals surface area contributed by atoms with Crippen LogP contribution in [-0.4, -0.2) is 24.5 Å². The van der Waals surface area contributed by atoms with Gasteiger partial charge in [0.05, 0.1) is 0 Å². The minimum atomic E-state index is -0.382. The molecule has 1 saturated heterocycles. The molecule has 0 saturated carbocycles. The van der Waals surface area contributed by atoms with Gasteiger partial charge < -0.3 is 10.6 Å². The van der Waals surface area contributed by atoms with Crippen molar-refractivity contribution >= 4 is 5.91 Å². The van der Waals surface area contributed by atoms with Crippen LogP contribution in [0.15, 0.2) is 24.3 Å². The van der Waals surface area contributed by atoms with Crippen molar-refractivity contribution in [3.05, 3.63) is 35.6 Å². The molecule has 0 aliphatic carbocycles. The summed E-state index contributed by atoms with van der Waals surface area (Å²) >= 11 is 0. The van der Waals surface area contributed by atoms with Crippen LogP contribution < -0.4 is 10.6 Å². The van der Waals surface area contributed by atoms with E-state index in [0.29, 0.717) is 5.56 Å². The second-order valence-electron chi connectivity index (χ2n) is 4.48. The number of halogens is 1. The summed E-state index contributed by atoms with van der Waals surface area (Å²) in [6, 6.07) is 6.16. The van der Waals surface area contributed by atoms with Gasteiger partial charge in [-0.2, -0.15) is 0 Å². The highest BCUT2D eigenvalue weighted by Crippen LogP contribution is 2.10. The van der Waals surface area contributed by atoms with Crippen molar-refractivity contribution in [3.8, 4) is 0 Å². The normalized spacial score (nSPS) is 24.4. The van der Waals surface area contributed by atoms with Gasteiger partial charge in [0.15, 0.2) is 0 Å². The number of nitrogens with one attached hydrogen (secondary N) is 2. The summed E-state index contributed by atoms with van der Waals surface area (Å²) in [4.78, 5) is 11.9. The van der Waals surface area contributed by atoms with Gasteiger partial charge in [0.1, 0.15) is 5.82 Å². The van der Waals surface area contributed by atoms with Crippen molar-refractivity contribution in [2.75, 3.05) is 6.54 Å². The van der Waals surface area contributed by atoms with E-state index in [0.717, 1.165) is 19.4 Å². The summed E-state index contributed by atoms with van der Waals surface area (Å²) in [5, 5.41) is 6.26. The summed E-state index contributed by atoms with van der Waals surface area (Å²) in [6.07, 6.45) is 2.02. The fourth-order valence-electron chi connectivity index (χ4n) is 2.12. The zero-order chi connectivity index (χ0) is 12.3. The molecule has 0 spiro atoms. The predicted octanol–water partition coefficient (Wildman–Crippen LogP) is 1.70. The first-order valence-corrected chi connectivity index (χ1v) is 5.96. The molecule has 3 nitrogen and oxygen atoms in total. The highest BCUT2D eigenvalue weighted by molar-refractivity contribution is 5.94. The Morgan fingerprint density at radius 3 is 3.06 bits per heavy atom. The Morgan fingerprint density at radius 1 is 1.53 bits per heavy atom. The van der Waals surface area contributed by atoms with Gasteiger partial charge in [0, 0.05) is 17.6 Å². The van der Waals surface area contributed by atoms with Crippen LogP contribution in [0.5, 0.6) is 0 Å². The van der Waals surface area contributed by atoms with E-state index in [2.05, 4.69) is 17.6 Å². The molecule has 2 rings (SSSR count). The largest absolute Gasteiger partial charge is 0.348 e. The molecule has 1 aromatic rings. The quantitative estimate of drug-likeness (QED) is 0.820. The first kappa shape index (κ1) is 12.0. The lowest BCUT2D eigenvalue weighted by Gasteiger charge is -2.30. The van der Waals surface area contributed by atoms with Crippen LogP contribution in [0.2, 0.25) is 0 Å². The van der Waals surface area contributed by atoms with Crippen molar-refractivity contribution in [1.29, 1.82) is 0 Å². The second-order valence-corrected chi connectivity index (χ2v) is 4.48. The molecule has 0 aromatic heterocycles. The fourth-order valence-corrected chi connectivity index (χ4v) is 2.12. The third kappa shape index (κ3) is 3.03. The van der Waals surface area contributed by atoms with Crippen molar-refractivity contribution in [2.45, 2.75) is 31.8 Å². The molecule has 1 amide bonds. The number of benzene rings is 1. The average molecular weight is 236 g/mol. The fraction of sp³-hybridized carbons (Fsp3) is 0.462. The Morgan fingerprint density at radius 2 is 2.35 bits per heavy atom. The molecule has 2 atom stereocenters. The number of hydrogen-bond donors (Lipinski definition) is 2. The number of carbonyl (C=O) groups excluding carboxylic acids is 1. The topological polar surface area (TPSA) is 41.1 Å². The molecule has 1 aliphatic heterocycles. The van der Waals surface area contributed by atoms with Gasteiger partial charge >= 0.3 is 0 Å². The predicted molar refractivity (Wildman–Crippen MR) is 64.4 cm³/mol. The van der Waals surface area contributed by atoms with Crippen molar-refractivity contribution < 1.29 is 9.18 Å². The molecule has 0 bridgehead atoms. The van der Waals surface area contributed by atoms with Gasteiger partial charge in [-0.05, 0) is 44.5 Å². The lowest BCUT2D eigenvalue weighted by atomic mass is 9.99. The summed E-state index contributed by atoms with van der Waals surface area (Å²) in [7, 11) is 0. The van der Waals surface area contributed by atoms with Crippen LogP contribution >= 0.6 is 0 Å². The smallest absolute Gasteiger partial charge is 0.251 e. The van der Waals surface area contributed by atoms with Gasteiger partial charge in [0.25, 0.3) is 5.91 Å². The van der Waals surface area contributed by atoms with Gasteiger partial charge in [0.2, 0.25) is 0 Å². The minimum absolute atomic E-state index is 0.125. The van der Waals surface area contributed by atoms with E-state index in [4.69, 9.17) is 0 Å². The molecule has 1 heterocycles. The Labute approximate surface area is 100 Å². The minimum Gasteiger partial charge on any atom is -0.348 e. The van der Waals surface area contributed by atoms with Crippen LogP contribution in [0, 0.1) is 5.82 Å². The second kappa shape index (κ2) is 5.27. The number of carbonyl (C=O) groups is 1. The van der Waals surface area contributed by atoms with Gasteiger partial charge in [-0.3, -0.25) is 4.79 Å². The maximum atomic E-state index is 13.0. The Bertz CT molecular complexity index is 408. The Hall–Kier alpha value is -1.42. The first-order chi connectivity index (χ1) is 8.16. The standard InChI is InChI=1S/C13H17FN2O/c1-9-12(6-3-7-15-9)16-13(17)10-4-2-5-11(14)8-10/h2,4-5,8-9,12,15H,3,6-7H2,1H3,(H,16,17). The highest BCUT2D eigenvalue weighted by atomic mass is 19.1. The molecule has 1 aromatic carbocycles. The average Bonchev–Trinajstić information content (AvgIpc) is 2.32. The maximum absolute atomic E-state index is 13.0. The molecular weight excluding hydrogens is 219 g/mol. The summed E-state index contributed by atoms with van der Waals surface area (Å²) in [6.45, 7) is 3.04. The molecule has 2 unspecified atom stereocenters. The van der Waals surface area contributed by atoms with E-state index in [1.807, 2.05) is 0 Å². The van der Waals surface area contributed by atoms with E-state index in [1.54, 1.807) is 12.1 Å². The van der Waals surface area contributed by atoms with Crippen LogP contribution in [0.3, 0.4) is 0 Å². The number of piperidine rings is 1. The van der Waals surface area contributed by atoms with Crippen LogP contribution in [0.1, 0.15) is 30.1 Å². The number of rotatable bonds is 2.